The molecule has 5 nitrogen and oxygen atoms in total. The smallest absolute Gasteiger partial charge is 0.242 e. The molecule has 1 aliphatic carbocycles. The second-order valence-electron chi connectivity index (χ2n) is 11.4. The van der Waals surface area contributed by atoms with Gasteiger partial charge in [0.1, 0.15) is 0 Å². The van der Waals surface area contributed by atoms with Gasteiger partial charge in [0, 0.05) is 35.8 Å². The summed E-state index contributed by atoms with van der Waals surface area (Å²) in [6.07, 6.45) is 2.04. The van der Waals surface area contributed by atoms with Gasteiger partial charge >= 0.3 is 0 Å². The standard InChI is InChI=1S/C32H32ClN3O2/c1-32(2)17-26-30(28(37)18-32)31(23-11-5-6-12-24(23)33)36(27-14-8-7-13-25(27)34-26)20-29(38)35-16-15-21-9-3-4-10-22(21)19-35/h3-14,31,34H,15-20H2,1-2H3. The Bertz CT molecular complexity index is 1460. The number of Topliss-reactive ketones (excluding diaryl/α,β-unsaturated/α-hetero) is 1. The van der Waals surface area contributed by atoms with Gasteiger partial charge in [-0.1, -0.05) is 80.0 Å². The molecule has 2 heterocycles. The number of carbonyl (C=O) groups is 2. The van der Waals surface area contributed by atoms with Crippen molar-refractivity contribution in [2.45, 2.75) is 45.7 Å². The van der Waals surface area contributed by atoms with Gasteiger partial charge in [0.15, 0.2) is 5.78 Å². The van der Waals surface area contributed by atoms with Gasteiger partial charge < -0.3 is 15.1 Å². The van der Waals surface area contributed by atoms with Gasteiger partial charge in [-0.05, 0) is 53.1 Å². The van der Waals surface area contributed by atoms with Gasteiger partial charge in [0.05, 0.1) is 24.0 Å². The zero-order valence-corrected chi connectivity index (χ0v) is 22.6. The van der Waals surface area contributed by atoms with Gasteiger partial charge in [-0.2, -0.15) is 0 Å². The zero-order chi connectivity index (χ0) is 26.4. The van der Waals surface area contributed by atoms with Crippen molar-refractivity contribution in [2.24, 2.45) is 5.41 Å². The van der Waals surface area contributed by atoms with Crippen molar-refractivity contribution in [2.75, 3.05) is 23.3 Å². The van der Waals surface area contributed by atoms with Crippen LogP contribution in [0.3, 0.4) is 0 Å². The van der Waals surface area contributed by atoms with Gasteiger partial charge in [-0.3, -0.25) is 9.59 Å². The average Bonchev–Trinajstić information content (AvgIpc) is 3.02. The fourth-order valence-corrected chi connectivity index (χ4v) is 6.44. The second-order valence-corrected chi connectivity index (χ2v) is 11.8. The van der Waals surface area contributed by atoms with Crippen LogP contribution in [0, 0.1) is 5.41 Å². The molecule has 194 valence electrons. The maximum absolute atomic E-state index is 13.9. The van der Waals surface area contributed by atoms with Crippen molar-refractivity contribution in [3.8, 4) is 0 Å². The van der Waals surface area contributed by atoms with E-state index in [1.807, 2.05) is 59.5 Å². The van der Waals surface area contributed by atoms with Crippen LogP contribution in [0.5, 0.6) is 0 Å². The number of amides is 1. The lowest BCUT2D eigenvalue weighted by molar-refractivity contribution is -0.130. The first-order chi connectivity index (χ1) is 18.3. The molecule has 0 spiro atoms. The number of rotatable bonds is 3. The molecule has 1 atom stereocenters. The molecular weight excluding hydrogens is 494 g/mol. The maximum Gasteiger partial charge on any atom is 0.242 e. The molecule has 3 aromatic rings. The molecule has 1 unspecified atom stereocenters. The van der Waals surface area contributed by atoms with Crippen LogP contribution >= 0.6 is 11.6 Å². The van der Waals surface area contributed by atoms with Crippen LogP contribution in [-0.2, 0) is 22.6 Å². The summed E-state index contributed by atoms with van der Waals surface area (Å²) in [6.45, 7) is 5.69. The van der Waals surface area contributed by atoms with E-state index in [4.69, 9.17) is 11.6 Å². The van der Waals surface area contributed by atoms with E-state index in [0.717, 1.165) is 35.5 Å². The van der Waals surface area contributed by atoms with Crippen LogP contribution < -0.4 is 10.2 Å². The Morgan fingerprint density at radius 2 is 1.68 bits per heavy atom. The summed E-state index contributed by atoms with van der Waals surface area (Å²) in [6, 6.07) is 23.6. The molecule has 6 rings (SSSR count). The Balaban J connectivity index is 1.46. The molecule has 3 aromatic carbocycles. The van der Waals surface area contributed by atoms with Crippen LogP contribution in [0.15, 0.2) is 84.1 Å². The van der Waals surface area contributed by atoms with Gasteiger partial charge in [0.2, 0.25) is 5.91 Å². The van der Waals surface area contributed by atoms with E-state index in [-0.39, 0.29) is 23.7 Å². The van der Waals surface area contributed by atoms with E-state index in [2.05, 4.69) is 42.3 Å². The Labute approximate surface area is 229 Å². The number of benzene rings is 3. The molecule has 38 heavy (non-hydrogen) atoms. The summed E-state index contributed by atoms with van der Waals surface area (Å²) in [4.78, 5) is 31.8. The highest BCUT2D eigenvalue weighted by Crippen LogP contribution is 2.49. The largest absolute Gasteiger partial charge is 0.357 e. The van der Waals surface area contributed by atoms with Crippen molar-refractivity contribution >= 4 is 34.7 Å². The molecule has 0 saturated heterocycles. The number of carbonyl (C=O) groups excluding carboxylic acids is 2. The van der Waals surface area contributed by atoms with Crippen LogP contribution in [0.4, 0.5) is 11.4 Å². The SMILES string of the molecule is CC1(C)CC(=O)C2=C(C1)Nc1ccccc1N(CC(=O)N1CCc3ccccc3C1)C2c1ccccc1Cl. The van der Waals surface area contributed by atoms with Gasteiger partial charge in [-0.25, -0.2) is 0 Å². The van der Waals surface area contributed by atoms with E-state index in [1.165, 1.54) is 11.1 Å². The highest BCUT2D eigenvalue weighted by Gasteiger charge is 2.42. The molecule has 2 aliphatic heterocycles. The highest BCUT2D eigenvalue weighted by molar-refractivity contribution is 6.31. The summed E-state index contributed by atoms with van der Waals surface area (Å²) < 4.78 is 0. The first kappa shape index (κ1) is 24.7. The second kappa shape index (κ2) is 9.63. The predicted molar refractivity (Wildman–Crippen MR) is 152 cm³/mol. The minimum Gasteiger partial charge on any atom is -0.357 e. The maximum atomic E-state index is 13.9. The number of hydrogen-bond acceptors (Lipinski definition) is 4. The molecule has 0 aromatic heterocycles. The number of para-hydroxylation sites is 2. The molecule has 0 saturated carbocycles. The fraction of sp³-hybridized carbons (Fsp3) is 0.312. The van der Waals surface area contributed by atoms with Gasteiger partial charge in [0.25, 0.3) is 0 Å². The number of ketones is 1. The summed E-state index contributed by atoms with van der Waals surface area (Å²) >= 11 is 6.80. The first-order valence-electron chi connectivity index (χ1n) is 13.3. The third-order valence-electron chi connectivity index (χ3n) is 7.99. The van der Waals surface area contributed by atoms with Crippen molar-refractivity contribution in [1.29, 1.82) is 0 Å². The van der Waals surface area contributed by atoms with Crippen LogP contribution in [0.2, 0.25) is 5.02 Å². The number of allylic oxidation sites excluding steroid dienone is 1. The van der Waals surface area contributed by atoms with E-state index in [0.29, 0.717) is 30.1 Å². The number of anilines is 2. The number of nitrogens with one attached hydrogen (secondary N) is 1. The quantitative estimate of drug-likeness (QED) is 0.422. The van der Waals surface area contributed by atoms with Crippen LogP contribution in [-0.4, -0.2) is 29.7 Å². The highest BCUT2D eigenvalue weighted by atomic mass is 35.5. The molecule has 0 radical (unpaired) electrons. The molecule has 0 fully saturated rings. The van der Waals surface area contributed by atoms with E-state index in [9.17, 15) is 9.59 Å². The normalized spacial score (nSPS) is 20.2. The van der Waals surface area contributed by atoms with Crippen molar-refractivity contribution < 1.29 is 9.59 Å². The molecule has 6 heteroatoms. The molecule has 0 bridgehead atoms. The monoisotopic (exact) mass is 525 g/mol. The van der Waals surface area contributed by atoms with Crippen LogP contribution in [0.1, 0.15) is 49.4 Å². The van der Waals surface area contributed by atoms with E-state index in [1.54, 1.807) is 0 Å². The Morgan fingerprint density at radius 3 is 2.50 bits per heavy atom. The lowest BCUT2D eigenvalue weighted by atomic mass is 9.73. The van der Waals surface area contributed by atoms with Crippen molar-refractivity contribution in [3.05, 3.63) is 106 Å². The van der Waals surface area contributed by atoms with E-state index >= 15 is 0 Å². The van der Waals surface area contributed by atoms with E-state index < -0.39 is 6.04 Å². The number of halogens is 1. The van der Waals surface area contributed by atoms with Crippen LogP contribution in [0.25, 0.3) is 0 Å². The Kier molecular flexibility index (Phi) is 6.27. The topological polar surface area (TPSA) is 52.7 Å². The number of nitrogens with zero attached hydrogens (tertiary/aromatic N) is 2. The molecular formula is C32H32ClN3O2. The Morgan fingerprint density at radius 1 is 0.974 bits per heavy atom. The lowest BCUT2D eigenvalue weighted by Crippen LogP contribution is -2.45. The zero-order valence-electron chi connectivity index (χ0n) is 21.8. The summed E-state index contributed by atoms with van der Waals surface area (Å²) in [5.74, 6) is 0.143. The average molecular weight is 526 g/mol. The summed E-state index contributed by atoms with van der Waals surface area (Å²) in [7, 11) is 0. The minimum atomic E-state index is -0.473. The lowest BCUT2D eigenvalue weighted by Gasteiger charge is -2.39. The fourth-order valence-electron chi connectivity index (χ4n) is 6.20. The summed E-state index contributed by atoms with van der Waals surface area (Å²) in [5.41, 5.74) is 6.61. The molecule has 3 aliphatic rings. The van der Waals surface area contributed by atoms with Crippen molar-refractivity contribution in [3.63, 3.8) is 0 Å². The van der Waals surface area contributed by atoms with Gasteiger partial charge in [-0.15, -0.1) is 0 Å². The Hall–Kier alpha value is -3.57. The third-order valence-corrected chi connectivity index (χ3v) is 8.34. The third kappa shape index (κ3) is 4.49. The summed E-state index contributed by atoms with van der Waals surface area (Å²) in [5, 5.41) is 4.20. The molecule has 1 N–H and O–H groups in total. The minimum absolute atomic E-state index is 0.0407. The van der Waals surface area contributed by atoms with Crippen molar-refractivity contribution in [1.82, 2.24) is 4.90 Å². The number of hydrogen-bond donors (Lipinski definition) is 1. The predicted octanol–water partition coefficient (Wildman–Crippen LogP) is 6.54. The molecule has 1 amide bonds. The number of fused-ring (bicyclic) bond motifs is 2. The first-order valence-corrected chi connectivity index (χ1v) is 13.7.